The van der Waals surface area contributed by atoms with E-state index >= 15 is 0 Å². The molecule has 3 aromatic heterocycles. The van der Waals surface area contributed by atoms with E-state index in [1.165, 1.54) is 35.0 Å². The van der Waals surface area contributed by atoms with Crippen molar-refractivity contribution in [3.05, 3.63) is 112 Å². The minimum atomic E-state index is -0.428. The summed E-state index contributed by atoms with van der Waals surface area (Å²) in [7, 11) is 0. The number of rotatable bonds is 6. The SMILES string of the molecule is Cc1cc(-c2ccc(CCC(=O)c3ccn(-c4cccc(F)c4)c(=O)c3)cn2)ccn1. The van der Waals surface area contributed by atoms with Gasteiger partial charge in [0, 0.05) is 47.9 Å². The van der Waals surface area contributed by atoms with Crippen LogP contribution >= 0.6 is 0 Å². The highest BCUT2D eigenvalue weighted by atomic mass is 19.1. The van der Waals surface area contributed by atoms with E-state index in [2.05, 4.69) is 9.97 Å². The second-order valence-electron chi connectivity index (χ2n) is 7.26. The summed E-state index contributed by atoms with van der Waals surface area (Å²) in [5.74, 6) is -0.555. The number of pyridine rings is 3. The molecule has 31 heavy (non-hydrogen) atoms. The summed E-state index contributed by atoms with van der Waals surface area (Å²) in [5.41, 5.74) is 4.09. The Bertz CT molecular complexity index is 1300. The maximum atomic E-state index is 13.4. The van der Waals surface area contributed by atoms with Crippen LogP contribution in [0.25, 0.3) is 16.9 Å². The molecule has 6 heteroatoms. The summed E-state index contributed by atoms with van der Waals surface area (Å²) in [6, 6.07) is 16.4. The smallest absolute Gasteiger partial charge is 0.255 e. The minimum Gasteiger partial charge on any atom is -0.294 e. The number of ketones is 1. The van der Waals surface area contributed by atoms with E-state index in [1.807, 2.05) is 31.2 Å². The Morgan fingerprint density at radius 3 is 2.61 bits per heavy atom. The van der Waals surface area contributed by atoms with E-state index < -0.39 is 5.82 Å². The van der Waals surface area contributed by atoms with Gasteiger partial charge in [0.25, 0.3) is 5.56 Å². The molecule has 5 nitrogen and oxygen atoms in total. The Kier molecular flexibility index (Phi) is 5.80. The molecular weight excluding hydrogens is 393 g/mol. The summed E-state index contributed by atoms with van der Waals surface area (Å²) >= 11 is 0. The van der Waals surface area contributed by atoms with Gasteiger partial charge in [-0.3, -0.25) is 24.1 Å². The van der Waals surface area contributed by atoms with Gasteiger partial charge < -0.3 is 0 Å². The monoisotopic (exact) mass is 413 g/mol. The Hall–Kier alpha value is -3.93. The van der Waals surface area contributed by atoms with Crippen molar-refractivity contribution >= 4 is 5.78 Å². The van der Waals surface area contributed by atoms with Crippen molar-refractivity contribution in [2.24, 2.45) is 0 Å². The van der Waals surface area contributed by atoms with Crippen molar-refractivity contribution in [3.8, 4) is 16.9 Å². The standard InChI is InChI=1S/C25H20FN3O2/c1-17-13-19(9-11-27-17)23-7-5-18(16-28-23)6-8-24(30)20-10-12-29(25(31)14-20)22-4-2-3-21(26)15-22/h2-5,7,9-16H,6,8H2,1H3. The minimum absolute atomic E-state index is 0.127. The molecule has 0 unspecified atom stereocenters. The van der Waals surface area contributed by atoms with Crippen LogP contribution in [0.1, 0.15) is 28.0 Å². The number of aryl methyl sites for hydroxylation is 2. The van der Waals surface area contributed by atoms with E-state index in [0.29, 0.717) is 17.7 Å². The first kappa shape index (κ1) is 20.3. The van der Waals surface area contributed by atoms with Crippen LogP contribution in [0.2, 0.25) is 0 Å². The average Bonchev–Trinajstić information content (AvgIpc) is 2.77. The van der Waals surface area contributed by atoms with Gasteiger partial charge in [0.05, 0.1) is 11.4 Å². The lowest BCUT2D eigenvalue weighted by atomic mass is 10.0. The van der Waals surface area contributed by atoms with Crippen LogP contribution in [-0.2, 0) is 6.42 Å². The Morgan fingerprint density at radius 2 is 1.90 bits per heavy atom. The summed E-state index contributed by atoms with van der Waals surface area (Å²) in [6.45, 7) is 1.93. The number of Topliss-reactive ketones (excluding diaryl/α,β-unsaturated/α-hetero) is 1. The number of carbonyl (C=O) groups is 1. The molecule has 0 atom stereocenters. The maximum absolute atomic E-state index is 13.4. The van der Waals surface area contributed by atoms with Gasteiger partial charge in [-0.2, -0.15) is 0 Å². The normalized spacial score (nSPS) is 10.8. The van der Waals surface area contributed by atoms with Gasteiger partial charge in [0.15, 0.2) is 5.78 Å². The van der Waals surface area contributed by atoms with Crippen LogP contribution in [-0.4, -0.2) is 20.3 Å². The molecule has 0 radical (unpaired) electrons. The lowest BCUT2D eigenvalue weighted by molar-refractivity contribution is 0.0982. The quantitative estimate of drug-likeness (QED) is 0.435. The third kappa shape index (κ3) is 4.80. The number of benzene rings is 1. The second-order valence-corrected chi connectivity index (χ2v) is 7.26. The fourth-order valence-corrected chi connectivity index (χ4v) is 3.34. The van der Waals surface area contributed by atoms with Gasteiger partial charge in [-0.15, -0.1) is 0 Å². The molecule has 4 aromatic rings. The van der Waals surface area contributed by atoms with E-state index in [0.717, 1.165) is 22.5 Å². The molecule has 0 saturated heterocycles. The fraction of sp³-hybridized carbons (Fsp3) is 0.120. The topological polar surface area (TPSA) is 64.8 Å². The van der Waals surface area contributed by atoms with Gasteiger partial charge in [0.2, 0.25) is 0 Å². The lowest BCUT2D eigenvalue weighted by Crippen LogP contribution is -2.19. The first-order valence-electron chi connectivity index (χ1n) is 9.89. The first-order chi connectivity index (χ1) is 15.0. The second kappa shape index (κ2) is 8.83. The number of hydrogen-bond acceptors (Lipinski definition) is 4. The molecular formula is C25H20FN3O2. The van der Waals surface area contributed by atoms with Crippen LogP contribution in [0, 0.1) is 12.7 Å². The number of hydrogen-bond donors (Lipinski definition) is 0. The Morgan fingerprint density at radius 1 is 1.03 bits per heavy atom. The van der Waals surface area contributed by atoms with E-state index in [-0.39, 0.29) is 17.8 Å². The highest BCUT2D eigenvalue weighted by molar-refractivity contribution is 5.96. The van der Waals surface area contributed by atoms with Crippen molar-refractivity contribution < 1.29 is 9.18 Å². The molecule has 0 aliphatic heterocycles. The van der Waals surface area contributed by atoms with Crippen molar-refractivity contribution in [1.82, 2.24) is 14.5 Å². The van der Waals surface area contributed by atoms with Gasteiger partial charge in [-0.25, -0.2) is 4.39 Å². The Balaban J connectivity index is 1.43. The highest BCUT2D eigenvalue weighted by Gasteiger charge is 2.10. The number of carbonyl (C=O) groups excluding carboxylic acids is 1. The molecule has 0 saturated carbocycles. The molecule has 0 amide bonds. The first-order valence-corrected chi connectivity index (χ1v) is 9.89. The van der Waals surface area contributed by atoms with Crippen LogP contribution in [0.3, 0.4) is 0 Å². The largest absolute Gasteiger partial charge is 0.294 e. The zero-order valence-electron chi connectivity index (χ0n) is 17.0. The predicted molar refractivity (Wildman–Crippen MR) is 117 cm³/mol. The molecule has 3 heterocycles. The number of aromatic nitrogens is 3. The van der Waals surface area contributed by atoms with Crippen LogP contribution < -0.4 is 5.56 Å². The summed E-state index contributed by atoms with van der Waals surface area (Å²) < 4.78 is 14.7. The predicted octanol–water partition coefficient (Wildman–Crippen LogP) is 4.56. The zero-order valence-corrected chi connectivity index (χ0v) is 17.0. The van der Waals surface area contributed by atoms with E-state index in [9.17, 15) is 14.0 Å². The van der Waals surface area contributed by atoms with Crippen LogP contribution in [0.5, 0.6) is 0 Å². The molecule has 0 fully saturated rings. The van der Waals surface area contributed by atoms with Crippen LogP contribution in [0.4, 0.5) is 4.39 Å². The van der Waals surface area contributed by atoms with Crippen molar-refractivity contribution in [2.75, 3.05) is 0 Å². The summed E-state index contributed by atoms with van der Waals surface area (Å²) in [5, 5.41) is 0. The number of halogens is 1. The molecule has 0 spiro atoms. The number of nitrogens with zero attached hydrogens (tertiary/aromatic N) is 3. The third-order valence-electron chi connectivity index (χ3n) is 4.99. The third-order valence-corrected chi connectivity index (χ3v) is 4.99. The summed E-state index contributed by atoms with van der Waals surface area (Å²) in [4.78, 5) is 33.6. The maximum Gasteiger partial charge on any atom is 0.255 e. The molecule has 0 N–H and O–H groups in total. The van der Waals surface area contributed by atoms with Crippen molar-refractivity contribution in [2.45, 2.75) is 19.8 Å². The molecule has 0 aliphatic rings. The summed E-state index contributed by atoms with van der Waals surface area (Å²) in [6.07, 6.45) is 5.80. The van der Waals surface area contributed by atoms with E-state index in [1.54, 1.807) is 24.5 Å². The molecule has 4 rings (SSSR count). The Labute approximate surface area is 178 Å². The van der Waals surface area contributed by atoms with Gasteiger partial charge >= 0.3 is 0 Å². The molecule has 1 aromatic carbocycles. The van der Waals surface area contributed by atoms with Crippen LogP contribution in [0.15, 0.2) is 84.0 Å². The lowest BCUT2D eigenvalue weighted by Gasteiger charge is -2.07. The highest BCUT2D eigenvalue weighted by Crippen LogP contribution is 2.18. The van der Waals surface area contributed by atoms with Gasteiger partial charge in [-0.05, 0) is 61.4 Å². The fourth-order valence-electron chi connectivity index (χ4n) is 3.34. The van der Waals surface area contributed by atoms with Crippen molar-refractivity contribution in [3.63, 3.8) is 0 Å². The molecule has 154 valence electrons. The molecule has 0 bridgehead atoms. The average molecular weight is 413 g/mol. The van der Waals surface area contributed by atoms with E-state index in [4.69, 9.17) is 0 Å². The zero-order chi connectivity index (χ0) is 21.8. The van der Waals surface area contributed by atoms with Crippen molar-refractivity contribution in [1.29, 1.82) is 0 Å². The molecule has 0 aliphatic carbocycles. The van der Waals surface area contributed by atoms with Gasteiger partial charge in [-0.1, -0.05) is 12.1 Å². The van der Waals surface area contributed by atoms with Gasteiger partial charge in [0.1, 0.15) is 5.82 Å².